The zero-order chi connectivity index (χ0) is 18.9. The number of nitrogens with one attached hydrogen (secondary N) is 1. The topological polar surface area (TPSA) is 92.7 Å². The van der Waals surface area contributed by atoms with E-state index in [4.69, 9.17) is 4.74 Å². The van der Waals surface area contributed by atoms with E-state index in [1.165, 1.54) is 12.4 Å². The Labute approximate surface area is 161 Å². The highest BCUT2D eigenvalue weighted by molar-refractivity contribution is 5.84. The number of morpholine rings is 1. The highest BCUT2D eigenvalue weighted by atomic mass is 19.1. The first-order valence-corrected chi connectivity index (χ1v) is 8.90. The Balaban J connectivity index is 0.00000205. The number of H-pyrrole nitrogens is 1. The van der Waals surface area contributed by atoms with Gasteiger partial charge in [-0.05, 0) is 18.2 Å². The molecule has 0 spiro atoms. The maximum absolute atomic E-state index is 14.5. The molecule has 1 aliphatic rings. The van der Waals surface area contributed by atoms with Gasteiger partial charge in [0.1, 0.15) is 11.4 Å². The highest BCUT2D eigenvalue weighted by Gasteiger charge is 2.20. The van der Waals surface area contributed by atoms with Gasteiger partial charge in [-0.1, -0.05) is 0 Å². The number of pyridine rings is 2. The summed E-state index contributed by atoms with van der Waals surface area (Å²) in [5, 5.41) is 0. The van der Waals surface area contributed by atoms with E-state index in [0.717, 1.165) is 18.7 Å². The third-order valence-electron chi connectivity index (χ3n) is 4.59. The first kappa shape index (κ1) is 16.7. The van der Waals surface area contributed by atoms with Gasteiger partial charge in [0.05, 0.1) is 19.4 Å². The Kier molecular flexibility index (Phi) is 4.13. The third-order valence-corrected chi connectivity index (χ3v) is 4.59. The van der Waals surface area contributed by atoms with E-state index < -0.39 is 5.82 Å². The molecule has 5 rings (SSSR count). The lowest BCUT2D eigenvalue weighted by molar-refractivity contribution is 0.122. The van der Waals surface area contributed by atoms with Gasteiger partial charge in [-0.25, -0.2) is 14.4 Å². The number of aromatic nitrogens is 6. The molecule has 8 nitrogen and oxygen atoms in total. The zero-order valence-corrected chi connectivity index (χ0v) is 14.8. The Morgan fingerprint density at radius 2 is 1.86 bits per heavy atom. The summed E-state index contributed by atoms with van der Waals surface area (Å²) in [6.07, 6.45) is 6.05. The fourth-order valence-corrected chi connectivity index (χ4v) is 3.21. The second-order valence-electron chi connectivity index (χ2n) is 6.35. The minimum Gasteiger partial charge on any atom is -0.378 e. The molecule has 1 fully saturated rings. The monoisotopic (exact) mass is 379 g/mol. The number of nitrogens with zero attached hydrogens (tertiary/aromatic N) is 6. The van der Waals surface area contributed by atoms with Crippen molar-refractivity contribution in [2.45, 2.75) is 0 Å². The van der Waals surface area contributed by atoms with Gasteiger partial charge in [0, 0.05) is 44.2 Å². The number of hydrogen-bond acceptors (Lipinski definition) is 7. The van der Waals surface area contributed by atoms with Crippen molar-refractivity contribution in [3.8, 4) is 22.5 Å². The Hall–Kier alpha value is -3.46. The van der Waals surface area contributed by atoms with E-state index in [1.807, 2.05) is 6.07 Å². The van der Waals surface area contributed by atoms with E-state index in [0.29, 0.717) is 47.4 Å². The lowest BCUT2D eigenvalue weighted by atomic mass is 10.1. The van der Waals surface area contributed by atoms with Crippen molar-refractivity contribution in [3.05, 3.63) is 48.8 Å². The summed E-state index contributed by atoms with van der Waals surface area (Å²) in [7, 11) is 0. The van der Waals surface area contributed by atoms with Gasteiger partial charge in [-0.15, -0.1) is 0 Å². The van der Waals surface area contributed by atoms with E-state index in [-0.39, 0.29) is 1.43 Å². The summed E-state index contributed by atoms with van der Waals surface area (Å²) in [5.74, 6) is 0.219. The average molecular weight is 379 g/mol. The molecule has 142 valence electrons. The molecule has 28 heavy (non-hydrogen) atoms. The van der Waals surface area contributed by atoms with Crippen molar-refractivity contribution in [3.63, 3.8) is 0 Å². The van der Waals surface area contributed by atoms with Crippen LogP contribution in [0.25, 0.3) is 33.8 Å². The molecule has 4 aromatic heterocycles. The first-order valence-electron chi connectivity index (χ1n) is 8.90. The molecule has 0 aliphatic carbocycles. The second-order valence-corrected chi connectivity index (χ2v) is 6.35. The summed E-state index contributed by atoms with van der Waals surface area (Å²) < 4.78 is 19.9. The van der Waals surface area contributed by atoms with Gasteiger partial charge in [-0.2, -0.15) is 4.98 Å². The standard InChI is InChI=1S/C19H16FN7O.H2/c20-14-11-22-5-3-13(14)16-15(12-2-1-4-21-10-12)23-17-18(24-16)26-19(25-17)27-6-8-28-9-7-27;/h1-5,10-11H,6-9H2,(H,23,24,25,26);1H. The van der Waals surface area contributed by atoms with Crippen molar-refractivity contribution in [1.29, 1.82) is 0 Å². The van der Waals surface area contributed by atoms with Gasteiger partial charge in [-0.3, -0.25) is 9.97 Å². The molecule has 0 atom stereocenters. The van der Waals surface area contributed by atoms with E-state index >= 15 is 0 Å². The molecule has 0 saturated carbocycles. The quantitative estimate of drug-likeness (QED) is 0.585. The number of imidazole rings is 1. The lowest BCUT2D eigenvalue weighted by Gasteiger charge is -2.25. The van der Waals surface area contributed by atoms with Gasteiger partial charge in [0.25, 0.3) is 0 Å². The van der Waals surface area contributed by atoms with Crippen LogP contribution in [0.2, 0.25) is 0 Å². The van der Waals surface area contributed by atoms with Gasteiger partial charge in [0.2, 0.25) is 5.95 Å². The SMILES string of the molecule is Fc1cnccc1-c1nc2[nH]c(N3CCOCC3)nc2nc1-c1cccnc1.[HH]. The van der Waals surface area contributed by atoms with Crippen LogP contribution in [-0.2, 0) is 4.74 Å². The summed E-state index contributed by atoms with van der Waals surface area (Å²) in [5.41, 5.74) is 2.96. The maximum Gasteiger partial charge on any atom is 0.206 e. The summed E-state index contributed by atoms with van der Waals surface area (Å²) in [4.78, 5) is 27.2. The maximum atomic E-state index is 14.5. The van der Waals surface area contributed by atoms with Crippen molar-refractivity contribution in [2.75, 3.05) is 31.2 Å². The van der Waals surface area contributed by atoms with Crippen LogP contribution in [0.4, 0.5) is 10.3 Å². The number of ether oxygens (including phenoxy) is 1. The van der Waals surface area contributed by atoms with E-state index in [9.17, 15) is 4.39 Å². The fourth-order valence-electron chi connectivity index (χ4n) is 3.21. The van der Waals surface area contributed by atoms with Crippen LogP contribution in [0.3, 0.4) is 0 Å². The smallest absolute Gasteiger partial charge is 0.206 e. The number of rotatable bonds is 3. The van der Waals surface area contributed by atoms with Crippen molar-refractivity contribution >= 4 is 17.2 Å². The van der Waals surface area contributed by atoms with E-state index in [1.54, 1.807) is 24.5 Å². The van der Waals surface area contributed by atoms with Crippen LogP contribution >= 0.6 is 0 Å². The number of halogens is 1. The Morgan fingerprint density at radius 1 is 1.00 bits per heavy atom. The van der Waals surface area contributed by atoms with Crippen molar-refractivity contribution in [1.82, 2.24) is 29.9 Å². The molecule has 1 aliphatic heterocycles. The molecular weight excluding hydrogens is 361 g/mol. The lowest BCUT2D eigenvalue weighted by Crippen LogP contribution is -2.36. The van der Waals surface area contributed by atoms with Crippen LogP contribution in [-0.4, -0.2) is 56.2 Å². The average Bonchev–Trinajstić information content (AvgIpc) is 3.18. The van der Waals surface area contributed by atoms with Gasteiger partial charge < -0.3 is 14.6 Å². The summed E-state index contributed by atoms with van der Waals surface area (Å²) in [6.45, 7) is 2.76. The minimum atomic E-state index is -0.464. The molecule has 4 aromatic rings. The predicted octanol–water partition coefficient (Wildman–Crippen LogP) is 2.70. The van der Waals surface area contributed by atoms with Crippen LogP contribution in [0.5, 0.6) is 0 Å². The zero-order valence-electron chi connectivity index (χ0n) is 14.8. The highest BCUT2D eigenvalue weighted by Crippen LogP contribution is 2.31. The van der Waals surface area contributed by atoms with Gasteiger partial charge in [0.15, 0.2) is 17.1 Å². The Morgan fingerprint density at radius 3 is 2.64 bits per heavy atom. The van der Waals surface area contributed by atoms with E-state index in [2.05, 4.69) is 34.8 Å². The van der Waals surface area contributed by atoms with Crippen LogP contribution < -0.4 is 4.90 Å². The number of aromatic amines is 1. The number of fused-ring (bicyclic) bond motifs is 1. The Bertz CT molecular complexity index is 1130. The summed E-state index contributed by atoms with van der Waals surface area (Å²) >= 11 is 0. The fraction of sp³-hybridized carbons (Fsp3) is 0.211. The summed E-state index contributed by atoms with van der Waals surface area (Å²) in [6, 6.07) is 5.25. The number of anilines is 1. The molecule has 1 N–H and O–H groups in total. The van der Waals surface area contributed by atoms with Crippen molar-refractivity contribution < 1.29 is 10.6 Å². The molecule has 0 bridgehead atoms. The predicted molar refractivity (Wildman–Crippen MR) is 103 cm³/mol. The molecular formula is C19H18FN7O. The van der Waals surface area contributed by atoms with Crippen LogP contribution in [0.15, 0.2) is 43.0 Å². The molecule has 9 heteroatoms. The molecule has 0 radical (unpaired) electrons. The van der Waals surface area contributed by atoms with Crippen molar-refractivity contribution in [2.24, 2.45) is 0 Å². The van der Waals surface area contributed by atoms with Crippen LogP contribution in [0, 0.1) is 5.82 Å². The van der Waals surface area contributed by atoms with Gasteiger partial charge >= 0.3 is 0 Å². The third kappa shape index (κ3) is 2.95. The first-order chi connectivity index (χ1) is 13.8. The normalized spacial score (nSPS) is 14.5. The molecule has 5 heterocycles. The number of hydrogen-bond donors (Lipinski definition) is 1. The molecule has 0 aromatic carbocycles. The van der Waals surface area contributed by atoms with Crippen LogP contribution in [0.1, 0.15) is 1.43 Å². The largest absolute Gasteiger partial charge is 0.378 e. The molecule has 1 saturated heterocycles. The molecule has 0 amide bonds. The second kappa shape index (κ2) is 6.93. The molecule has 0 unspecified atom stereocenters. The minimum absolute atomic E-state index is 0.